The van der Waals surface area contributed by atoms with Crippen molar-refractivity contribution in [2.75, 3.05) is 20.3 Å². The van der Waals surface area contributed by atoms with Crippen molar-refractivity contribution in [2.45, 2.75) is 44.6 Å². The predicted molar refractivity (Wildman–Crippen MR) is 62.5 cm³/mol. The summed E-state index contributed by atoms with van der Waals surface area (Å²) in [7, 11) is 1.67. The number of carboxylic acids is 1. The minimum atomic E-state index is -0.865. The highest BCUT2D eigenvalue weighted by Crippen LogP contribution is 2.24. The van der Waals surface area contributed by atoms with Crippen LogP contribution in [-0.2, 0) is 9.53 Å². The molecule has 0 radical (unpaired) electrons. The fraction of sp³-hybridized carbons (Fsp3) is 0.917. The van der Waals surface area contributed by atoms with E-state index in [-0.39, 0.29) is 0 Å². The average molecular weight is 229 g/mol. The molecule has 0 aromatic heterocycles. The standard InChI is InChI=1S/C12H23NO3/c1-12(13-2,11(14)15)7-8-16-9-10-5-3-4-6-10/h10,13H,3-9H2,1-2H3,(H,14,15). The summed E-state index contributed by atoms with van der Waals surface area (Å²) in [5.41, 5.74) is -0.865. The molecule has 0 aromatic carbocycles. The lowest BCUT2D eigenvalue weighted by Crippen LogP contribution is -2.48. The summed E-state index contributed by atoms with van der Waals surface area (Å²) < 4.78 is 5.56. The second kappa shape index (κ2) is 6.21. The van der Waals surface area contributed by atoms with Crippen LogP contribution in [0.5, 0.6) is 0 Å². The first-order chi connectivity index (χ1) is 7.58. The summed E-state index contributed by atoms with van der Waals surface area (Å²) in [4.78, 5) is 11.0. The van der Waals surface area contributed by atoms with Crippen molar-refractivity contribution < 1.29 is 14.6 Å². The number of rotatable bonds is 7. The van der Waals surface area contributed by atoms with Gasteiger partial charge < -0.3 is 15.2 Å². The normalized spacial score (nSPS) is 20.9. The van der Waals surface area contributed by atoms with Gasteiger partial charge in [0.05, 0.1) is 0 Å². The molecular formula is C12H23NO3. The number of ether oxygens (including phenoxy) is 1. The van der Waals surface area contributed by atoms with Crippen LogP contribution in [0.3, 0.4) is 0 Å². The Labute approximate surface area is 97.4 Å². The van der Waals surface area contributed by atoms with Gasteiger partial charge in [0.2, 0.25) is 0 Å². The molecule has 0 amide bonds. The molecule has 0 aliphatic heterocycles. The van der Waals surface area contributed by atoms with Crippen LogP contribution in [0.15, 0.2) is 0 Å². The first kappa shape index (κ1) is 13.5. The Kier molecular flexibility index (Phi) is 5.22. The van der Waals surface area contributed by atoms with E-state index in [0.29, 0.717) is 18.9 Å². The van der Waals surface area contributed by atoms with E-state index in [1.807, 2.05) is 0 Å². The second-order valence-electron chi connectivity index (χ2n) is 4.86. The third kappa shape index (κ3) is 3.76. The van der Waals surface area contributed by atoms with E-state index in [1.54, 1.807) is 14.0 Å². The van der Waals surface area contributed by atoms with E-state index in [2.05, 4.69) is 5.32 Å². The van der Waals surface area contributed by atoms with Crippen molar-refractivity contribution in [3.05, 3.63) is 0 Å². The number of aliphatic carboxylic acids is 1. The Morgan fingerprint density at radius 2 is 2.12 bits per heavy atom. The van der Waals surface area contributed by atoms with Crippen molar-refractivity contribution in [1.29, 1.82) is 0 Å². The minimum absolute atomic E-state index is 0.506. The summed E-state index contributed by atoms with van der Waals surface area (Å²) in [6.45, 7) is 2.99. The average Bonchev–Trinajstić information content (AvgIpc) is 2.76. The van der Waals surface area contributed by atoms with Crippen LogP contribution >= 0.6 is 0 Å². The van der Waals surface area contributed by atoms with E-state index in [9.17, 15) is 4.79 Å². The molecule has 1 unspecified atom stereocenters. The lowest BCUT2D eigenvalue weighted by Gasteiger charge is -2.24. The lowest BCUT2D eigenvalue weighted by molar-refractivity contribution is -0.144. The van der Waals surface area contributed by atoms with Gasteiger partial charge in [-0.15, -0.1) is 0 Å². The van der Waals surface area contributed by atoms with Crippen molar-refractivity contribution in [3.63, 3.8) is 0 Å². The molecule has 0 heterocycles. The molecule has 1 fully saturated rings. The fourth-order valence-corrected chi connectivity index (χ4v) is 2.04. The van der Waals surface area contributed by atoms with Crippen LogP contribution in [0.4, 0.5) is 0 Å². The van der Waals surface area contributed by atoms with Gasteiger partial charge in [0, 0.05) is 13.2 Å². The van der Waals surface area contributed by atoms with Crippen molar-refractivity contribution in [3.8, 4) is 0 Å². The number of nitrogens with one attached hydrogen (secondary N) is 1. The summed E-state index contributed by atoms with van der Waals surface area (Å²) in [5, 5.41) is 11.9. The zero-order chi connectivity index (χ0) is 12.0. The number of carboxylic acid groups (broad SMARTS) is 1. The quantitative estimate of drug-likeness (QED) is 0.652. The number of likely N-dealkylation sites (N-methyl/N-ethyl adjacent to an activating group) is 1. The maximum atomic E-state index is 11.0. The highest BCUT2D eigenvalue weighted by atomic mass is 16.5. The third-order valence-electron chi connectivity index (χ3n) is 3.60. The van der Waals surface area contributed by atoms with Gasteiger partial charge in [0.25, 0.3) is 0 Å². The molecule has 4 nitrogen and oxygen atoms in total. The highest BCUT2D eigenvalue weighted by Gasteiger charge is 2.30. The van der Waals surface area contributed by atoms with Crippen LogP contribution < -0.4 is 5.32 Å². The molecule has 0 bridgehead atoms. The van der Waals surface area contributed by atoms with Gasteiger partial charge in [0.1, 0.15) is 5.54 Å². The molecule has 1 saturated carbocycles. The van der Waals surface area contributed by atoms with Crippen LogP contribution in [0.2, 0.25) is 0 Å². The minimum Gasteiger partial charge on any atom is -0.480 e. The van der Waals surface area contributed by atoms with Gasteiger partial charge in [-0.1, -0.05) is 12.8 Å². The second-order valence-corrected chi connectivity index (χ2v) is 4.86. The monoisotopic (exact) mass is 229 g/mol. The number of hydrogen-bond acceptors (Lipinski definition) is 3. The van der Waals surface area contributed by atoms with Gasteiger partial charge in [-0.05, 0) is 39.2 Å². The Bertz CT molecular complexity index is 226. The third-order valence-corrected chi connectivity index (χ3v) is 3.60. The van der Waals surface area contributed by atoms with E-state index < -0.39 is 11.5 Å². The van der Waals surface area contributed by atoms with E-state index in [0.717, 1.165) is 6.61 Å². The smallest absolute Gasteiger partial charge is 0.323 e. The highest BCUT2D eigenvalue weighted by molar-refractivity contribution is 5.78. The van der Waals surface area contributed by atoms with E-state index in [4.69, 9.17) is 9.84 Å². The molecule has 0 spiro atoms. The number of hydrogen-bond donors (Lipinski definition) is 2. The van der Waals surface area contributed by atoms with Crippen molar-refractivity contribution >= 4 is 5.97 Å². The maximum absolute atomic E-state index is 11.0. The summed E-state index contributed by atoms with van der Waals surface area (Å²) >= 11 is 0. The molecule has 94 valence electrons. The SMILES string of the molecule is CNC(C)(CCOCC1CCCC1)C(=O)O. The predicted octanol–water partition coefficient (Wildman–Crippen LogP) is 1.65. The van der Waals surface area contributed by atoms with Gasteiger partial charge >= 0.3 is 5.97 Å². The maximum Gasteiger partial charge on any atom is 0.323 e. The molecular weight excluding hydrogens is 206 g/mol. The first-order valence-corrected chi connectivity index (χ1v) is 6.08. The Morgan fingerprint density at radius 3 is 2.62 bits per heavy atom. The molecule has 16 heavy (non-hydrogen) atoms. The van der Waals surface area contributed by atoms with Crippen molar-refractivity contribution in [1.82, 2.24) is 5.32 Å². The van der Waals surface area contributed by atoms with Crippen LogP contribution in [0.1, 0.15) is 39.0 Å². The van der Waals surface area contributed by atoms with Crippen molar-refractivity contribution in [2.24, 2.45) is 5.92 Å². The van der Waals surface area contributed by atoms with Crippen LogP contribution in [0.25, 0.3) is 0 Å². The molecule has 4 heteroatoms. The summed E-state index contributed by atoms with van der Waals surface area (Å²) in [5.74, 6) is -0.120. The molecule has 0 aromatic rings. The Hall–Kier alpha value is -0.610. The zero-order valence-electron chi connectivity index (χ0n) is 10.3. The van der Waals surface area contributed by atoms with Gasteiger partial charge in [-0.25, -0.2) is 0 Å². The zero-order valence-corrected chi connectivity index (χ0v) is 10.3. The molecule has 1 aliphatic carbocycles. The van der Waals surface area contributed by atoms with Gasteiger partial charge in [0.15, 0.2) is 0 Å². The van der Waals surface area contributed by atoms with E-state index in [1.165, 1.54) is 25.7 Å². The molecule has 1 aliphatic rings. The Morgan fingerprint density at radius 1 is 1.50 bits per heavy atom. The summed E-state index contributed by atoms with van der Waals surface area (Å²) in [6.07, 6.45) is 5.67. The first-order valence-electron chi connectivity index (χ1n) is 6.08. The molecule has 1 rings (SSSR count). The topological polar surface area (TPSA) is 58.6 Å². The Balaban J connectivity index is 2.15. The van der Waals surface area contributed by atoms with Crippen LogP contribution in [-0.4, -0.2) is 36.9 Å². The van der Waals surface area contributed by atoms with Gasteiger partial charge in [-0.2, -0.15) is 0 Å². The number of carbonyl (C=O) groups is 1. The summed E-state index contributed by atoms with van der Waals surface area (Å²) in [6, 6.07) is 0. The fourth-order valence-electron chi connectivity index (χ4n) is 2.04. The molecule has 2 N–H and O–H groups in total. The lowest BCUT2D eigenvalue weighted by atomic mass is 9.99. The molecule has 0 saturated heterocycles. The molecule has 1 atom stereocenters. The van der Waals surface area contributed by atoms with Gasteiger partial charge in [-0.3, -0.25) is 4.79 Å². The van der Waals surface area contributed by atoms with Crippen LogP contribution in [0, 0.1) is 5.92 Å². The van der Waals surface area contributed by atoms with E-state index >= 15 is 0 Å². The largest absolute Gasteiger partial charge is 0.480 e.